The number of carbonyl (C=O) groups is 1. The maximum atomic E-state index is 11.6. The average Bonchev–Trinajstić information content (AvgIpc) is 2.48. The largest absolute Gasteiger partial charge is 0.404 e. The van der Waals surface area contributed by atoms with E-state index in [1.807, 2.05) is 30.3 Å². The molecule has 0 aliphatic carbocycles. The Hall–Kier alpha value is -3.06. The van der Waals surface area contributed by atoms with Crippen molar-refractivity contribution in [3.8, 4) is 11.8 Å². The molecular weight excluding hydrogens is 262 g/mol. The van der Waals surface area contributed by atoms with E-state index in [0.717, 1.165) is 5.56 Å². The molecular formula is C17H15N3O. The fourth-order valence-electron chi connectivity index (χ4n) is 1.84. The summed E-state index contributed by atoms with van der Waals surface area (Å²) in [5.74, 6) is 6.15. The van der Waals surface area contributed by atoms with Gasteiger partial charge in [0.05, 0.1) is 0 Å². The number of rotatable bonds is 2. The lowest BCUT2D eigenvalue weighted by Crippen LogP contribution is -2.04. The van der Waals surface area contributed by atoms with Gasteiger partial charge in [0.25, 0.3) is 0 Å². The van der Waals surface area contributed by atoms with Gasteiger partial charge >= 0.3 is 0 Å². The number of pyridine rings is 1. The Morgan fingerprint density at radius 2 is 1.86 bits per heavy atom. The number of hydrogen-bond acceptors (Lipinski definition) is 4. The lowest BCUT2D eigenvalue weighted by molar-refractivity contribution is -0.111. The zero-order valence-electron chi connectivity index (χ0n) is 11.6. The Bertz CT molecular complexity index is 753. The van der Waals surface area contributed by atoms with Crippen molar-refractivity contribution in [3.05, 3.63) is 65.5 Å². The second-order valence-electron chi connectivity index (χ2n) is 4.38. The Morgan fingerprint density at radius 3 is 2.48 bits per heavy atom. The summed E-state index contributed by atoms with van der Waals surface area (Å²) in [6.07, 6.45) is 1.27. The first-order chi connectivity index (χ1) is 10.1. The number of anilines is 1. The first kappa shape index (κ1) is 14.4. The molecule has 4 nitrogen and oxygen atoms in total. The topological polar surface area (TPSA) is 82.0 Å². The van der Waals surface area contributed by atoms with E-state index in [2.05, 4.69) is 16.8 Å². The predicted octanol–water partition coefficient (Wildman–Crippen LogP) is 1.95. The van der Waals surface area contributed by atoms with Crippen LogP contribution in [0.25, 0.3) is 5.57 Å². The van der Waals surface area contributed by atoms with E-state index in [9.17, 15) is 4.79 Å². The van der Waals surface area contributed by atoms with Crippen LogP contribution in [0, 0.1) is 11.8 Å². The molecule has 0 aliphatic rings. The van der Waals surface area contributed by atoms with Crippen molar-refractivity contribution in [2.24, 2.45) is 5.73 Å². The second-order valence-corrected chi connectivity index (χ2v) is 4.38. The summed E-state index contributed by atoms with van der Waals surface area (Å²) in [4.78, 5) is 15.8. The van der Waals surface area contributed by atoms with Gasteiger partial charge in [-0.25, -0.2) is 4.98 Å². The zero-order chi connectivity index (χ0) is 15.2. The fourth-order valence-corrected chi connectivity index (χ4v) is 1.84. The fraction of sp³-hybridized carbons (Fsp3) is 0.0588. The monoisotopic (exact) mass is 277 g/mol. The van der Waals surface area contributed by atoms with Gasteiger partial charge in [-0.2, -0.15) is 0 Å². The third-order valence-electron chi connectivity index (χ3n) is 2.85. The van der Waals surface area contributed by atoms with E-state index in [0.29, 0.717) is 22.6 Å². The summed E-state index contributed by atoms with van der Waals surface area (Å²) in [6, 6.07) is 12.8. The van der Waals surface area contributed by atoms with E-state index in [1.54, 1.807) is 12.1 Å². The van der Waals surface area contributed by atoms with Crippen molar-refractivity contribution in [2.45, 2.75) is 6.92 Å². The van der Waals surface area contributed by atoms with Crippen LogP contribution in [0.15, 0.2) is 48.7 Å². The van der Waals surface area contributed by atoms with Crippen LogP contribution in [-0.2, 0) is 4.79 Å². The van der Waals surface area contributed by atoms with Gasteiger partial charge in [-0.05, 0) is 37.1 Å². The number of nitrogen functional groups attached to an aromatic ring is 1. The summed E-state index contributed by atoms with van der Waals surface area (Å²) in [5.41, 5.74) is 13.5. The van der Waals surface area contributed by atoms with Crippen molar-refractivity contribution >= 4 is 17.2 Å². The number of benzene rings is 1. The highest BCUT2D eigenvalue weighted by Crippen LogP contribution is 2.19. The summed E-state index contributed by atoms with van der Waals surface area (Å²) >= 11 is 0. The molecule has 4 N–H and O–H groups in total. The lowest BCUT2D eigenvalue weighted by atomic mass is 10.0. The molecule has 0 fully saturated rings. The molecule has 1 aromatic heterocycles. The standard InChI is InChI=1S/C17H15N3O/c1-12(21)15(11-18)14-8-10-17(19)20-16(14)9-7-13-5-3-2-4-6-13/h2-6,8,10-11H,18H2,1H3,(H2,19,20)/b15-11+. The molecule has 0 saturated heterocycles. The van der Waals surface area contributed by atoms with Gasteiger partial charge < -0.3 is 11.5 Å². The van der Waals surface area contributed by atoms with Crippen LogP contribution in [0.1, 0.15) is 23.7 Å². The Morgan fingerprint density at radius 1 is 1.14 bits per heavy atom. The molecule has 1 aromatic carbocycles. The van der Waals surface area contributed by atoms with Crippen molar-refractivity contribution in [1.82, 2.24) is 4.98 Å². The number of hydrogen-bond donors (Lipinski definition) is 2. The van der Waals surface area contributed by atoms with Crippen LogP contribution in [0.5, 0.6) is 0 Å². The number of nitrogens with two attached hydrogens (primary N) is 2. The van der Waals surface area contributed by atoms with Crippen LogP contribution in [0.3, 0.4) is 0 Å². The van der Waals surface area contributed by atoms with Crippen LogP contribution in [0.4, 0.5) is 5.82 Å². The molecule has 0 aliphatic heterocycles. The average molecular weight is 277 g/mol. The number of Topliss-reactive ketones (excluding diaryl/α,β-unsaturated/α-hetero) is 1. The number of carbonyl (C=O) groups excluding carboxylic acids is 1. The van der Waals surface area contributed by atoms with E-state index in [4.69, 9.17) is 11.5 Å². The molecule has 104 valence electrons. The van der Waals surface area contributed by atoms with Crippen LogP contribution >= 0.6 is 0 Å². The molecule has 0 radical (unpaired) electrons. The van der Waals surface area contributed by atoms with E-state index >= 15 is 0 Å². The van der Waals surface area contributed by atoms with Gasteiger partial charge in [0.2, 0.25) is 0 Å². The summed E-state index contributed by atoms with van der Waals surface area (Å²) in [7, 11) is 0. The van der Waals surface area contributed by atoms with Gasteiger partial charge in [-0.1, -0.05) is 24.1 Å². The highest BCUT2D eigenvalue weighted by molar-refractivity contribution is 6.19. The molecule has 0 unspecified atom stereocenters. The highest BCUT2D eigenvalue weighted by atomic mass is 16.1. The first-order valence-electron chi connectivity index (χ1n) is 6.38. The van der Waals surface area contributed by atoms with E-state index in [1.165, 1.54) is 13.1 Å². The van der Waals surface area contributed by atoms with Crippen LogP contribution in [-0.4, -0.2) is 10.8 Å². The smallest absolute Gasteiger partial charge is 0.161 e. The Balaban J connectivity index is 2.51. The zero-order valence-corrected chi connectivity index (χ0v) is 11.6. The quantitative estimate of drug-likeness (QED) is 0.649. The lowest BCUT2D eigenvalue weighted by Gasteiger charge is -2.06. The van der Waals surface area contributed by atoms with Crippen molar-refractivity contribution in [3.63, 3.8) is 0 Å². The normalized spacial score (nSPS) is 10.6. The third-order valence-corrected chi connectivity index (χ3v) is 2.85. The molecule has 21 heavy (non-hydrogen) atoms. The Kier molecular flexibility index (Phi) is 4.37. The predicted molar refractivity (Wildman–Crippen MR) is 83.9 cm³/mol. The molecule has 4 heteroatoms. The number of allylic oxidation sites excluding steroid dienone is 1. The van der Waals surface area contributed by atoms with E-state index < -0.39 is 0 Å². The van der Waals surface area contributed by atoms with Crippen molar-refractivity contribution in [1.29, 1.82) is 0 Å². The molecule has 0 bridgehead atoms. The molecule has 1 heterocycles. The summed E-state index contributed by atoms with van der Waals surface area (Å²) < 4.78 is 0. The van der Waals surface area contributed by atoms with Gasteiger partial charge in [-0.15, -0.1) is 0 Å². The summed E-state index contributed by atoms with van der Waals surface area (Å²) in [5, 5.41) is 0. The number of ketones is 1. The third kappa shape index (κ3) is 3.48. The molecule has 0 spiro atoms. The van der Waals surface area contributed by atoms with Crippen LogP contribution in [0.2, 0.25) is 0 Å². The maximum absolute atomic E-state index is 11.6. The van der Waals surface area contributed by atoms with Crippen molar-refractivity contribution < 1.29 is 4.79 Å². The molecule has 0 saturated carbocycles. The highest BCUT2D eigenvalue weighted by Gasteiger charge is 2.12. The second kappa shape index (κ2) is 6.40. The van der Waals surface area contributed by atoms with Crippen molar-refractivity contribution in [2.75, 3.05) is 5.73 Å². The number of aromatic nitrogens is 1. The molecule has 0 atom stereocenters. The van der Waals surface area contributed by atoms with Gasteiger partial charge in [-0.3, -0.25) is 4.79 Å². The maximum Gasteiger partial charge on any atom is 0.161 e. The number of nitrogens with zero attached hydrogens (tertiary/aromatic N) is 1. The minimum absolute atomic E-state index is 0.146. The van der Waals surface area contributed by atoms with Gasteiger partial charge in [0.1, 0.15) is 11.5 Å². The van der Waals surface area contributed by atoms with Gasteiger partial charge in [0, 0.05) is 22.9 Å². The molecule has 0 amide bonds. The molecule has 2 aromatic rings. The van der Waals surface area contributed by atoms with E-state index in [-0.39, 0.29) is 5.78 Å². The SMILES string of the molecule is CC(=O)/C(=C\N)c1ccc(N)nc1C#Cc1ccccc1. The minimum atomic E-state index is -0.146. The summed E-state index contributed by atoms with van der Waals surface area (Å²) in [6.45, 7) is 1.45. The first-order valence-corrected chi connectivity index (χ1v) is 6.38. The minimum Gasteiger partial charge on any atom is -0.404 e. The van der Waals surface area contributed by atoms with Crippen LogP contribution < -0.4 is 11.5 Å². The van der Waals surface area contributed by atoms with Gasteiger partial charge in [0.15, 0.2) is 5.78 Å². The Labute approximate surface area is 123 Å². The molecule has 2 rings (SSSR count).